The number of hydrogen-bond acceptors (Lipinski definition) is 8. The second-order valence-electron chi connectivity index (χ2n) is 13.7. The number of nitrogens with zero attached hydrogens (tertiary/aromatic N) is 3. The Balaban J connectivity index is 1.01. The number of benzene rings is 2. The molecule has 2 N–H and O–H groups in total. The minimum Gasteiger partial charge on any atom is -0.481 e. The summed E-state index contributed by atoms with van der Waals surface area (Å²) in [5.41, 5.74) is 0.801. The molecule has 2 atom stereocenters. The van der Waals surface area contributed by atoms with Gasteiger partial charge in [0.1, 0.15) is 5.82 Å². The van der Waals surface area contributed by atoms with E-state index in [1.807, 2.05) is 29.2 Å². The quantitative estimate of drug-likeness (QED) is 0.298. The van der Waals surface area contributed by atoms with Crippen LogP contribution in [0, 0.1) is 11.7 Å². The Bertz CT molecular complexity index is 1690. The van der Waals surface area contributed by atoms with E-state index >= 15 is 4.39 Å². The van der Waals surface area contributed by atoms with Crippen molar-refractivity contribution in [2.75, 3.05) is 57.9 Å². The minimum absolute atomic E-state index is 0.0348. The summed E-state index contributed by atoms with van der Waals surface area (Å²) in [6.07, 6.45) is 3.11. The van der Waals surface area contributed by atoms with Crippen molar-refractivity contribution in [3.63, 3.8) is 0 Å². The van der Waals surface area contributed by atoms with Crippen molar-refractivity contribution in [2.24, 2.45) is 5.92 Å². The first-order chi connectivity index (χ1) is 23.7. The molecule has 13 heteroatoms. The molecule has 4 heterocycles. The van der Waals surface area contributed by atoms with Gasteiger partial charge < -0.3 is 24.8 Å². The highest BCUT2D eigenvalue weighted by molar-refractivity contribution is 7.17. The van der Waals surface area contributed by atoms with Gasteiger partial charge in [-0.1, -0.05) is 29.8 Å². The summed E-state index contributed by atoms with van der Waals surface area (Å²) in [6, 6.07) is 10.7. The second kappa shape index (κ2) is 15.0. The number of fused-ring (bicyclic) bond motifs is 1. The summed E-state index contributed by atoms with van der Waals surface area (Å²) < 4.78 is 28.3. The van der Waals surface area contributed by atoms with E-state index < -0.39 is 11.8 Å². The Hall–Kier alpha value is -3.13. The summed E-state index contributed by atoms with van der Waals surface area (Å²) in [4.78, 5) is 45.1. The van der Waals surface area contributed by atoms with Gasteiger partial charge in [0.2, 0.25) is 5.91 Å². The van der Waals surface area contributed by atoms with Gasteiger partial charge in [0, 0.05) is 60.3 Å². The number of ether oxygens (including phenoxy) is 2. The lowest BCUT2D eigenvalue weighted by atomic mass is 9.87. The zero-order valence-corrected chi connectivity index (χ0v) is 28.9. The number of anilines is 1. The van der Waals surface area contributed by atoms with Crippen molar-refractivity contribution >= 4 is 56.5 Å². The molecule has 3 aliphatic heterocycles. The average Bonchev–Trinajstić information content (AvgIpc) is 3.71. The molecular weight excluding hydrogens is 671 g/mol. The van der Waals surface area contributed by atoms with Crippen LogP contribution in [-0.4, -0.2) is 114 Å². The Morgan fingerprint density at radius 1 is 1.02 bits per heavy atom. The lowest BCUT2D eigenvalue weighted by Gasteiger charge is -2.49. The lowest BCUT2D eigenvalue weighted by molar-refractivity contribution is -0.144. The maximum atomic E-state index is 15.5. The third-order valence-electron chi connectivity index (χ3n) is 10.7. The molecule has 4 aliphatic rings. The largest absolute Gasteiger partial charge is 0.481 e. The molecule has 3 aromatic rings. The van der Waals surface area contributed by atoms with Gasteiger partial charge in [0.25, 0.3) is 5.91 Å². The van der Waals surface area contributed by atoms with E-state index in [4.69, 9.17) is 21.1 Å². The van der Waals surface area contributed by atoms with Crippen molar-refractivity contribution in [1.29, 1.82) is 0 Å². The van der Waals surface area contributed by atoms with Crippen LogP contribution in [0.1, 0.15) is 48.0 Å². The van der Waals surface area contributed by atoms with Gasteiger partial charge >= 0.3 is 5.97 Å². The van der Waals surface area contributed by atoms with E-state index in [0.29, 0.717) is 50.4 Å². The molecule has 1 aliphatic carbocycles. The van der Waals surface area contributed by atoms with E-state index in [9.17, 15) is 19.5 Å². The molecule has 0 unspecified atom stereocenters. The molecule has 49 heavy (non-hydrogen) atoms. The highest BCUT2D eigenvalue weighted by Gasteiger charge is 2.44. The smallest absolute Gasteiger partial charge is 0.306 e. The third-order valence-corrected chi connectivity index (χ3v) is 12.0. The number of likely N-dealkylation sites (tertiary alicyclic amines) is 2. The number of amides is 2. The topological polar surface area (TPSA) is 112 Å². The van der Waals surface area contributed by atoms with Crippen molar-refractivity contribution in [2.45, 2.75) is 62.8 Å². The van der Waals surface area contributed by atoms with Gasteiger partial charge in [-0.3, -0.25) is 24.2 Å². The summed E-state index contributed by atoms with van der Waals surface area (Å²) in [7, 11) is 0. The predicted molar refractivity (Wildman–Crippen MR) is 186 cm³/mol. The summed E-state index contributed by atoms with van der Waals surface area (Å²) in [5.74, 6) is -2.27. The van der Waals surface area contributed by atoms with Gasteiger partial charge in [-0.2, -0.15) is 0 Å². The number of carboxylic acid groups (broad SMARTS) is 1. The van der Waals surface area contributed by atoms with Crippen LogP contribution in [0.3, 0.4) is 0 Å². The highest BCUT2D eigenvalue weighted by Crippen LogP contribution is 2.33. The van der Waals surface area contributed by atoms with Crippen molar-refractivity contribution < 1.29 is 33.4 Å². The zero-order chi connectivity index (χ0) is 34.1. The summed E-state index contributed by atoms with van der Waals surface area (Å²) in [5, 5.41) is 14.8. The molecule has 2 amide bonds. The number of rotatable bonds is 10. The molecule has 3 saturated heterocycles. The molecule has 2 aromatic carbocycles. The van der Waals surface area contributed by atoms with Crippen LogP contribution in [0.25, 0.3) is 10.1 Å². The van der Waals surface area contributed by atoms with E-state index in [-0.39, 0.29) is 58.6 Å². The molecule has 4 fully saturated rings. The van der Waals surface area contributed by atoms with Crippen molar-refractivity contribution in [3.05, 3.63) is 63.7 Å². The fourth-order valence-electron chi connectivity index (χ4n) is 7.73. The Morgan fingerprint density at radius 3 is 2.53 bits per heavy atom. The zero-order valence-electron chi connectivity index (χ0n) is 27.3. The maximum Gasteiger partial charge on any atom is 0.306 e. The fourth-order valence-corrected chi connectivity index (χ4v) is 8.90. The standard InChI is InChI=1S/C36H42ClFN4O6S/c37-30-13-23(31(38)16-32(30)39-35(44)29-21-49-33-4-2-1-3-28(29)33)14-34(43)42-19-24(41-17-26(18-41)40-9-11-47-12-10-40)15-25(42)20-48-27-7-5-22(6-8-27)36(45)46/h1-4,13,16,21-22,24-27H,5-12,14-15,17-20H2,(H,39,44)(H,45,46)/t22?,24-,25-,27?/m0/s1. The normalized spacial score (nSPS) is 25.4. The molecule has 0 spiro atoms. The third kappa shape index (κ3) is 7.64. The number of thiophene rings is 1. The van der Waals surface area contributed by atoms with Crippen LogP contribution in [0.2, 0.25) is 5.02 Å². The number of carbonyl (C=O) groups excluding carboxylic acids is 2. The predicted octanol–water partition coefficient (Wildman–Crippen LogP) is 5.13. The van der Waals surface area contributed by atoms with Crippen LogP contribution in [-0.2, 0) is 25.5 Å². The van der Waals surface area contributed by atoms with Crippen LogP contribution in [0.4, 0.5) is 10.1 Å². The van der Waals surface area contributed by atoms with Gasteiger partial charge in [-0.25, -0.2) is 4.39 Å². The average molecular weight is 713 g/mol. The Kier molecular flexibility index (Phi) is 10.5. The number of carboxylic acids is 1. The fraction of sp³-hybridized carbons (Fsp3) is 0.528. The van der Waals surface area contributed by atoms with Crippen LogP contribution >= 0.6 is 22.9 Å². The molecule has 0 bridgehead atoms. The van der Waals surface area contributed by atoms with E-state index in [1.54, 1.807) is 5.38 Å². The number of aliphatic carboxylic acids is 1. The molecule has 1 aromatic heterocycles. The number of halogens is 2. The van der Waals surface area contributed by atoms with Gasteiger partial charge in [0.15, 0.2) is 0 Å². The molecular formula is C36H42ClFN4O6S. The summed E-state index contributed by atoms with van der Waals surface area (Å²) in [6.45, 7) is 6.18. The van der Waals surface area contributed by atoms with E-state index in [2.05, 4.69) is 15.1 Å². The molecule has 1 saturated carbocycles. The van der Waals surface area contributed by atoms with E-state index in [0.717, 1.165) is 55.9 Å². The first kappa shape index (κ1) is 34.3. The highest BCUT2D eigenvalue weighted by atomic mass is 35.5. The minimum atomic E-state index is -0.752. The molecule has 262 valence electrons. The van der Waals surface area contributed by atoms with Crippen LogP contribution < -0.4 is 5.32 Å². The number of morpholine rings is 1. The first-order valence-corrected chi connectivity index (χ1v) is 18.4. The Morgan fingerprint density at radius 2 is 1.78 bits per heavy atom. The van der Waals surface area contributed by atoms with Crippen LogP contribution in [0.15, 0.2) is 41.8 Å². The number of carbonyl (C=O) groups is 3. The second-order valence-corrected chi connectivity index (χ2v) is 15.0. The van der Waals surface area contributed by atoms with Gasteiger partial charge in [-0.15, -0.1) is 11.3 Å². The molecule has 0 radical (unpaired) electrons. The van der Waals surface area contributed by atoms with Gasteiger partial charge in [-0.05, 0) is 55.9 Å². The van der Waals surface area contributed by atoms with Crippen molar-refractivity contribution in [3.8, 4) is 0 Å². The van der Waals surface area contributed by atoms with Gasteiger partial charge in [0.05, 0.1) is 60.6 Å². The summed E-state index contributed by atoms with van der Waals surface area (Å²) >= 11 is 8.01. The maximum absolute atomic E-state index is 15.5. The number of nitrogens with one attached hydrogen (secondary N) is 1. The van der Waals surface area contributed by atoms with E-state index in [1.165, 1.54) is 23.5 Å². The number of hydrogen-bond donors (Lipinski definition) is 2. The van der Waals surface area contributed by atoms with Crippen LogP contribution in [0.5, 0.6) is 0 Å². The molecule has 7 rings (SSSR count). The van der Waals surface area contributed by atoms with Crippen molar-refractivity contribution in [1.82, 2.24) is 14.7 Å². The monoisotopic (exact) mass is 712 g/mol. The first-order valence-electron chi connectivity index (χ1n) is 17.2. The Labute approximate surface area is 294 Å². The SMILES string of the molecule is O=C(Nc1cc(F)c(CC(=O)N2C[C@@H](N3CC(N4CCOCC4)C3)C[C@H]2COC2CCC(C(=O)O)CC2)cc1Cl)c1csc2ccccc12. The lowest BCUT2D eigenvalue weighted by Crippen LogP contribution is -2.64. The molecule has 10 nitrogen and oxygen atoms in total.